The molecule has 2 N–H and O–H groups in total. The van der Waals surface area contributed by atoms with Crippen molar-refractivity contribution in [2.24, 2.45) is 10.7 Å². The number of benzene rings is 1. The van der Waals surface area contributed by atoms with Gasteiger partial charge >= 0.3 is 0 Å². The van der Waals surface area contributed by atoms with Gasteiger partial charge in [-0.15, -0.1) is 0 Å². The van der Waals surface area contributed by atoms with Crippen LogP contribution in [0.4, 0.5) is 0 Å². The van der Waals surface area contributed by atoms with E-state index < -0.39 is 0 Å². The first-order valence-corrected chi connectivity index (χ1v) is 8.01. The van der Waals surface area contributed by atoms with Gasteiger partial charge in [0.1, 0.15) is 0 Å². The van der Waals surface area contributed by atoms with Crippen LogP contribution in [0.3, 0.4) is 0 Å². The fourth-order valence-electron chi connectivity index (χ4n) is 2.21. The second kappa shape index (κ2) is 8.05. The molecule has 0 spiro atoms. The SMILES string of the molecule is NC1=NC=C(CCCCCCc2ccccc2)CS1. The predicted octanol–water partition coefficient (Wildman–Crippen LogP) is 4.13. The summed E-state index contributed by atoms with van der Waals surface area (Å²) < 4.78 is 0. The minimum atomic E-state index is 0.701. The van der Waals surface area contributed by atoms with Crippen LogP contribution in [0.25, 0.3) is 0 Å². The van der Waals surface area contributed by atoms with Crippen molar-refractivity contribution in [2.45, 2.75) is 38.5 Å². The lowest BCUT2D eigenvalue weighted by Crippen LogP contribution is -2.10. The van der Waals surface area contributed by atoms with E-state index in [2.05, 4.69) is 35.3 Å². The summed E-state index contributed by atoms with van der Waals surface area (Å²) in [6.07, 6.45) is 9.54. The molecule has 0 amide bonds. The van der Waals surface area contributed by atoms with Gasteiger partial charge in [0, 0.05) is 12.0 Å². The zero-order valence-corrected chi connectivity index (χ0v) is 12.2. The van der Waals surface area contributed by atoms with Gasteiger partial charge in [-0.05, 0) is 36.8 Å². The highest BCUT2D eigenvalue weighted by Crippen LogP contribution is 2.19. The summed E-state index contributed by atoms with van der Waals surface area (Å²) in [6, 6.07) is 10.7. The molecule has 0 aliphatic carbocycles. The average molecular weight is 274 g/mol. The van der Waals surface area contributed by atoms with Crippen LogP contribution in [0.15, 0.2) is 47.1 Å². The van der Waals surface area contributed by atoms with Crippen molar-refractivity contribution in [2.75, 3.05) is 5.75 Å². The molecule has 102 valence electrons. The standard InChI is InChI=1S/C16H22N2S/c17-16-18-12-15(13-19-16)11-5-2-1-4-8-14-9-6-3-7-10-14/h3,6-7,9-10,12H,1-2,4-5,8,11,13H2,(H2,17,18). The van der Waals surface area contributed by atoms with Gasteiger partial charge in [-0.1, -0.05) is 54.9 Å². The van der Waals surface area contributed by atoms with E-state index in [1.54, 1.807) is 11.8 Å². The van der Waals surface area contributed by atoms with Crippen LogP contribution in [0.2, 0.25) is 0 Å². The van der Waals surface area contributed by atoms with Crippen LogP contribution >= 0.6 is 11.8 Å². The number of thioether (sulfide) groups is 1. The molecule has 1 aromatic carbocycles. The number of aryl methyl sites for hydroxylation is 1. The maximum atomic E-state index is 5.61. The van der Waals surface area contributed by atoms with Gasteiger partial charge in [-0.2, -0.15) is 0 Å². The molecule has 0 radical (unpaired) electrons. The van der Waals surface area contributed by atoms with Crippen LogP contribution in [0.5, 0.6) is 0 Å². The van der Waals surface area contributed by atoms with Gasteiger partial charge in [0.2, 0.25) is 0 Å². The second-order valence-electron chi connectivity index (χ2n) is 4.94. The molecular weight excluding hydrogens is 252 g/mol. The summed E-state index contributed by atoms with van der Waals surface area (Å²) in [7, 11) is 0. The molecule has 0 saturated carbocycles. The fraction of sp³-hybridized carbons (Fsp3) is 0.438. The Labute approximate surface area is 120 Å². The minimum absolute atomic E-state index is 0.701. The van der Waals surface area contributed by atoms with Gasteiger partial charge in [0.05, 0.1) is 0 Å². The van der Waals surface area contributed by atoms with Crippen molar-refractivity contribution < 1.29 is 0 Å². The summed E-state index contributed by atoms with van der Waals surface area (Å²) >= 11 is 1.65. The number of nitrogens with two attached hydrogens (primary N) is 1. The Bertz CT molecular complexity index is 437. The van der Waals surface area contributed by atoms with Crippen LogP contribution < -0.4 is 5.73 Å². The smallest absolute Gasteiger partial charge is 0.158 e. The van der Waals surface area contributed by atoms with E-state index in [1.165, 1.54) is 49.7 Å². The van der Waals surface area contributed by atoms with E-state index in [0.717, 1.165) is 5.75 Å². The minimum Gasteiger partial charge on any atom is -0.378 e. The van der Waals surface area contributed by atoms with E-state index >= 15 is 0 Å². The summed E-state index contributed by atoms with van der Waals surface area (Å²) in [4.78, 5) is 4.16. The Morgan fingerprint density at radius 1 is 1.00 bits per heavy atom. The monoisotopic (exact) mass is 274 g/mol. The van der Waals surface area contributed by atoms with E-state index in [9.17, 15) is 0 Å². The van der Waals surface area contributed by atoms with Crippen molar-refractivity contribution in [3.8, 4) is 0 Å². The lowest BCUT2D eigenvalue weighted by atomic mass is 10.0. The summed E-state index contributed by atoms with van der Waals surface area (Å²) in [5.41, 5.74) is 8.50. The summed E-state index contributed by atoms with van der Waals surface area (Å²) in [5.74, 6) is 1.03. The summed E-state index contributed by atoms with van der Waals surface area (Å²) in [5, 5.41) is 0.701. The number of nitrogens with zero attached hydrogens (tertiary/aromatic N) is 1. The van der Waals surface area contributed by atoms with Crippen molar-refractivity contribution in [1.29, 1.82) is 0 Å². The number of rotatable bonds is 7. The Hall–Kier alpha value is -1.22. The lowest BCUT2D eigenvalue weighted by Gasteiger charge is -2.10. The van der Waals surface area contributed by atoms with Crippen molar-refractivity contribution >= 4 is 16.9 Å². The second-order valence-corrected chi connectivity index (χ2v) is 5.94. The number of hydrogen-bond acceptors (Lipinski definition) is 3. The van der Waals surface area contributed by atoms with E-state index in [-0.39, 0.29) is 0 Å². The molecule has 0 unspecified atom stereocenters. The van der Waals surface area contributed by atoms with Gasteiger partial charge in [0.25, 0.3) is 0 Å². The maximum absolute atomic E-state index is 5.61. The molecule has 3 heteroatoms. The Balaban J connectivity index is 1.53. The molecule has 1 aromatic rings. The van der Waals surface area contributed by atoms with Gasteiger partial charge in [0.15, 0.2) is 5.17 Å². The zero-order valence-electron chi connectivity index (χ0n) is 11.3. The molecule has 1 aliphatic rings. The quantitative estimate of drug-likeness (QED) is 0.759. The largest absolute Gasteiger partial charge is 0.378 e. The van der Waals surface area contributed by atoms with Crippen molar-refractivity contribution in [3.63, 3.8) is 0 Å². The molecule has 2 rings (SSSR count). The molecule has 0 saturated heterocycles. The van der Waals surface area contributed by atoms with Crippen molar-refractivity contribution in [3.05, 3.63) is 47.7 Å². The van der Waals surface area contributed by atoms with Gasteiger partial charge in [-0.25, -0.2) is 4.99 Å². The predicted molar refractivity (Wildman–Crippen MR) is 85.4 cm³/mol. The molecule has 0 bridgehead atoms. The molecular formula is C16H22N2S. The van der Waals surface area contributed by atoms with Crippen LogP contribution in [-0.2, 0) is 6.42 Å². The normalized spacial score (nSPS) is 14.9. The lowest BCUT2D eigenvalue weighted by molar-refractivity contribution is 0.638. The van der Waals surface area contributed by atoms with Crippen LogP contribution in [0, 0.1) is 0 Å². The Morgan fingerprint density at radius 3 is 2.42 bits per heavy atom. The first-order valence-electron chi connectivity index (χ1n) is 7.02. The fourth-order valence-corrected chi connectivity index (χ4v) is 2.89. The summed E-state index contributed by atoms with van der Waals surface area (Å²) in [6.45, 7) is 0. The van der Waals surface area contributed by atoms with Gasteiger partial charge < -0.3 is 5.73 Å². The van der Waals surface area contributed by atoms with E-state index in [4.69, 9.17) is 5.73 Å². The number of aliphatic imine (C=N–C) groups is 1. The first kappa shape index (κ1) is 14.2. The Morgan fingerprint density at radius 2 is 1.74 bits per heavy atom. The van der Waals surface area contributed by atoms with Gasteiger partial charge in [-0.3, -0.25) is 0 Å². The molecule has 0 aromatic heterocycles. The third-order valence-electron chi connectivity index (χ3n) is 3.34. The molecule has 1 aliphatic heterocycles. The number of hydrogen-bond donors (Lipinski definition) is 1. The van der Waals surface area contributed by atoms with E-state index in [1.807, 2.05) is 6.20 Å². The molecule has 0 atom stereocenters. The average Bonchev–Trinajstić information content (AvgIpc) is 2.46. The van der Waals surface area contributed by atoms with Crippen LogP contribution in [-0.4, -0.2) is 10.9 Å². The number of amidine groups is 1. The number of unbranched alkanes of at least 4 members (excludes halogenated alkanes) is 3. The molecule has 0 fully saturated rings. The Kier molecular flexibility index (Phi) is 6.02. The maximum Gasteiger partial charge on any atom is 0.158 e. The highest BCUT2D eigenvalue weighted by molar-refractivity contribution is 8.14. The third kappa shape index (κ3) is 5.52. The molecule has 2 nitrogen and oxygen atoms in total. The zero-order chi connectivity index (χ0) is 13.3. The first-order chi connectivity index (χ1) is 9.34. The van der Waals surface area contributed by atoms with Crippen LogP contribution in [0.1, 0.15) is 37.7 Å². The molecule has 19 heavy (non-hydrogen) atoms. The van der Waals surface area contributed by atoms with E-state index in [0.29, 0.717) is 5.17 Å². The third-order valence-corrected chi connectivity index (χ3v) is 4.25. The molecule has 1 heterocycles. The van der Waals surface area contributed by atoms with Crippen molar-refractivity contribution in [1.82, 2.24) is 0 Å². The highest BCUT2D eigenvalue weighted by Gasteiger charge is 2.05. The highest BCUT2D eigenvalue weighted by atomic mass is 32.2. The topological polar surface area (TPSA) is 38.4 Å².